The van der Waals surface area contributed by atoms with Crippen LogP contribution in [0.3, 0.4) is 0 Å². The van der Waals surface area contributed by atoms with Gasteiger partial charge in [0, 0.05) is 42.8 Å². The normalized spacial score (nSPS) is 21.3. The topological polar surface area (TPSA) is 93.8 Å². The molecule has 2 unspecified atom stereocenters. The third kappa shape index (κ3) is 3.74. The minimum absolute atomic E-state index is 0.0931. The molecule has 1 fully saturated rings. The second-order valence-corrected chi connectivity index (χ2v) is 7.79. The van der Waals surface area contributed by atoms with Gasteiger partial charge in [-0.2, -0.15) is 5.10 Å². The van der Waals surface area contributed by atoms with Crippen molar-refractivity contribution in [2.75, 3.05) is 20.2 Å². The maximum absolute atomic E-state index is 11.9. The molecule has 4 rings (SSSR count). The van der Waals surface area contributed by atoms with Gasteiger partial charge >= 0.3 is 0 Å². The molecule has 1 aromatic carbocycles. The molecule has 2 aromatic rings. The van der Waals surface area contributed by atoms with Crippen LogP contribution in [0.15, 0.2) is 36.9 Å². The summed E-state index contributed by atoms with van der Waals surface area (Å²) in [4.78, 5) is 24.3. The average Bonchev–Trinajstić information content (AvgIpc) is 3.24. The molecule has 0 bridgehead atoms. The zero-order valence-electron chi connectivity index (χ0n) is 16.9. The number of primary amides is 1. The SMILES string of the molecule is C=CC1CCc2c1c(C(N)=O)nn2-c1cccc(C#CC2(CCN(C)C=O)CO2)c1. The first-order chi connectivity index (χ1) is 14.5. The van der Waals surface area contributed by atoms with Crippen LogP contribution in [0.5, 0.6) is 0 Å². The summed E-state index contributed by atoms with van der Waals surface area (Å²) in [6.45, 7) is 5.05. The first-order valence-corrected chi connectivity index (χ1v) is 9.93. The highest BCUT2D eigenvalue weighted by Crippen LogP contribution is 2.37. The maximum Gasteiger partial charge on any atom is 0.269 e. The molecule has 0 spiro atoms. The molecular formula is C23H24N4O3. The van der Waals surface area contributed by atoms with Crippen molar-refractivity contribution in [3.8, 4) is 17.5 Å². The Morgan fingerprint density at radius 2 is 2.33 bits per heavy atom. The summed E-state index contributed by atoms with van der Waals surface area (Å²) in [5.41, 5.74) is 8.96. The number of epoxide rings is 1. The van der Waals surface area contributed by atoms with E-state index in [0.717, 1.165) is 41.8 Å². The summed E-state index contributed by atoms with van der Waals surface area (Å²) >= 11 is 0. The average molecular weight is 404 g/mol. The van der Waals surface area contributed by atoms with E-state index in [2.05, 4.69) is 23.5 Å². The predicted molar refractivity (Wildman–Crippen MR) is 112 cm³/mol. The van der Waals surface area contributed by atoms with E-state index in [9.17, 15) is 9.59 Å². The Balaban J connectivity index is 1.62. The number of amides is 2. The van der Waals surface area contributed by atoms with Crippen molar-refractivity contribution < 1.29 is 14.3 Å². The predicted octanol–water partition coefficient (Wildman–Crippen LogP) is 1.79. The van der Waals surface area contributed by atoms with Crippen LogP contribution in [0.25, 0.3) is 5.69 Å². The molecule has 1 aliphatic carbocycles. The largest absolute Gasteiger partial charge is 0.364 e. The molecule has 0 radical (unpaired) electrons. The number of nitrogens with two attached hydrogens (primary N) is 1. The van der Waals surface area contributed by atoms with Gasteiger partial charge in [0.05, 0.1) is 12.3 Å². The van der Waals surface area contributed by atoms with Crippen LogP contribution in [-0.4, -0.2) is 52.8 Å². The number of allylic oxidation sites excluding steroid dienone is 1. The van der Waals surface area contributed by atoms with Crippen LogP contribution in [0, 0.1) is 11.8 Å². The third-order valence-electron chi connectivity index (χ3n) is 5.67. The lowest BCUT2D eigenvalue weighted by molar-refractivity contribution is -0.117. The second-order valence-electron chi connectivity index (χ2n) is 7.79. The van der Waals surface area contributed by atoms with E-state index in [-0.39, 0.29) is 5.92 Å². The molecule has 7 heteroatoms. The van der Waals surface area contributed by atoms with Crippen molar-refractivity contribution in [1.29, 1.82) is 0 Å². The standard InChI is InChI=1S/C23H24N4O3/c1-3-17-7-8-19-20(17)21(22(24)29)25-27(19)18-6-4-5-16(13-18)9-10-23(14-30-23)11-12-26(2)15-28/h3-6,13,15,17H,1,7-8,11-12,14H2,2H3,(H2,24,29). The maximum atomic E-state index is 11.9. The zero-order valence-corrected chi connectivity index (χ0v) is 16.9. The molecule has 7 nitrogen and oxygen atoms in total. The Morgan fingerprint density at radius 3 is 3.00 bits per heavy atom. The van der Waals surface area contributed by atoms with E-state index in [1.165, 1.54) is 0 Å². The lowest BCUT2D eigenvalue weighted by atomic mass is 10.0. The van der Waals surface area contributed by atoms with Crippen molar-refractivity contribution in [1.82, 2.24) is 14.7 Å². The minimum atomic E-state index is -0.525. The number of carbonyl (C=O) groups is 2. The highest BCUT2D eigenvalue weighted by atomic mass is 16.6. The van der Waals surface area contributed by atoms with Crippen LogP contribution in [-0.2, 0) is 16.0 Å². The Labute approximate surface area is 175 Å². The minimum Gasteiger partial charge on any atom is -0.364 e. The van der Waals surface area contributed by atoms with Crippen LogP contribution in [0.4, 0.5) is 0 Å². The van der Waals surface area contributed by atoms with Crippen molar-refractivity contribution in [2.24, 2.45) is 5.73 Å². The second kappa shape index (κ2) is 7.81. The highest BCUT2D eigenvalue weighted by molar-refractivity contribution is 5.93. The van der Waals surface area contributed by atoms with Gasteiger partial charge in [-0.1, -0.05) is 24.0 Å². The van der Waals surface area contributed by atoms with Crippen molar-refractivity contribution in [2.45, 2.75) is 30.8 Å². The number of hydrogen-bond acceptors (Lipinski definition) is 4. The molecule has 1 aromatic heterocycles. The van der Waals surface area contributed by atoms with Crippen LogP contribution >= 0.6 is 0 Å². The Kier molecular flexibility index (Phi) is 5.18. The van der Waals surface area contributed by atoms with E-state index in [1.807, 2.05) is 30.3 Å². The number of aromatic nitrogens is 2. The summed E-state index contributed by atoms with van der Waals surface area (Å²) in [5.74, 6) is 5.96. The van der Waals surface area contributed by atoms with Crippen LogP contribution < -0.4 is 5.73 Å². The molecule has 2 aliphatic rings. The molecule has 1 saturated heterocycles. The van der Waals surface area contributed by atoms with E-state index < -0.39 is 11.5 Å². The van der Waals surface area contributed by atoms with Gasteiger partial charge in [-0.05, 0) is 31.0 Å². The number of nitrogens with zero attached hydrogens (tertiary/aromatic N) is 3. The Bertz CT molecular complexity index is 1070. The number of fused-ring (bicyclic) bond motifs is 1. The zero-order chi connectivity index (χ0) is 21.3. The summed E-state index contributed by atoms with van der Waals surface area (Å²) in [6.07, 6.45) is 5.03. The quantitative estimate of drug-likeness (QED) is 0.329. The van der Waals surface area contributed by atoms with Crippen LogP contribution in [0.1, 0.15) is 46.1 Å². The molecule has 2 atom stereocenters. The smallest absolute Gasteiger partial charge is 0.269 e. The van der Waals surface area contributed by atoms with Gasteiger partial charge in [0.2, 0.25) is 6.41 Å². The fourth-order valence-electron chi connectivity index (χ4n) is 3.84. The number of carbonyl (C=O) groups excluding carboxylic acids is 2. The van der Waals surface area contributed by atoms with Gasteiger partial charge in [0.15, 0.2) is 11.3 Å². The van der Waals surface area contributed by atoms with E-state index >= 15 is 0 Å². The Morgan fingerprint density at radius 1 is 1.53 bits per heavy atom. The van der Waals surface area contributed by atoms with Crippen molar-refractivity contribution >= 4 is 12.3 Å². The van der Waals surface area contributed by atoms with Gasteiger partial charge in [0.1, 0.15) is 0 Å². The van der Waals surface area contributed by atoms with Gasteiger partial charge in [0.25, 0.3) is 5.91 Å². The van der Waals surface area contributed by atoms with Gasteiger partial charge in [-0.15, -0.1) is 6.58 Å². The molecule has 0 saturated carbocycles. The third-order valence-corrected chi connectivity index (χ3v) is 5.67. The van der Waals surface area contributed by atoms with Gasteiger partial charge in [-0.3, -0.25) is 9.59 Å². The molecule has 30 heavy (non-hydrogen) atoms. The molecular weight excluding hydrogens is 380 g/mol. The molecule has 1 aliphatic heterocycles. The number of rotatable bonds is 7. The first-order valence-electron chi connectivity index (χ1n) is 9.93. The lowest BCUT2D eigenvalue weighted by Crippen LogP contribution is -2.22. The van der Waals surface area contributed by atoms with Gasteiger partial charge in [-0.25, -0.2) is 4.68 Å². The first kappa shape index (κ1) is 19.9. The highest BCUT2D eigenvalue weighted by Gasteiger charge is 2.42. The molecule has 2 amide bonds. The number of hydrogen-bond donors (Lipinski definition) is 1. The van der Waals surface area contributed by atoms with Gasteiger partial charge < -0.3 is 15.4 Å². The fraction of sp³-hybridized carbons (Fsp3) is 0.348. The van der Waals surface area contributed by atoms with E-state index in [1.54, 1.807) is 16.6 Å². The lowest BCUT2D eigenvalue weighted by Gasteiger charge is -2.11. The monoisotopic (exact) mass is 404 g/mol. The summed E-state index contributed by atoms with van der Waals surface area (Å²) < 4.78 is 7.35. The van der Waals surface area contributed by atoms with E-state index in [4.69, 9.17) is 10.5 Å². The van der Waals surface area contributed by atoms with Crippen molar-refractivity contribution in [3.63, 3.8) is 0 Å². The Hall–Kier alpha value is -3.37. The summed E-state index contributed by atoms with van der Waals surface area (Å²) in [5, 5.41) is 4.50. The number of ether oxygens (including phenoxy) is 1. The molecule has 2 heterocycles. The van der Waals surface area contributed by atoms with Crippen molar-refractivity contribution in [3.05, 3.63) is 59.4 Å². The number of benzene rings is 1. The van der Waals surface area contributed by atoms with E-state index in [0.29, 0.717) is 25.3 Å². The summed E-state index contributed by atoms with van der Waals surface area (Å²) in [6, 6.07) is 7.72. The fourth-order valence-corrected chi connectivity index (χ4v) is 3.84. The molecule has 154 valence electrons. The van der Waals surface area contributed by atoms with Crippen LogP contribution in [0.2, 0.25) is 0 Å². The molecule has 2 N–H and O–H groups in total. The summed E-state index contributed by atoms with van der Waals surface area (Å²) in [7, 11) is 1.74.